The van der Waals surface area contributed by atoms with E-state index < -0.39 is 17.6 Å². The highest BCUT2D eigenvalue weighted by Crippen LogP contribution is 2.46. The number of carbonyl (C=O) groups is 2. The average Bonchev–Trinajstić information content (AvgIpc) is 3.47. The Labute approximate surface area is 299 Å². The van der Waals surface area contributed by atoms with E-state index in [0.29, 0.717) is 43.7 Å². The van der Waals surface area contributed by atoms with Gasteiger partial charge in [0, 0.05) is 56.5 Å². The van der Waals surface area contributed by atoms with Gasteiger partial charge in [-0.2, -0.15) is 18.2 Å². The van der Waals surface area contributed by atoms with E-state index in [1.165, 1.54) is 13.3 Å². The van der Waals surface area contributed by atoms with E-state index in [1.54, 1.807) is 31.5 Å². The molecule has 1 atom stereocenters. The molecule has 4 aromatic heterocycles. The first-order chi connectivity index (χ1) is 25.0. The van der Waals surface area contributed by atoms with Crippen LogP contribution >= 0.6 is 0 Å². The molecule has 1 unspecified atom stereocenters. The maximum absolute atomic E-state index is 14.2. The molecule has 4 aromatic rings. The van der Waals surface area contributed by atoms with E-state index in [-0.39, 0.29) is 57.6 Å². The summed E-state index contributed by atoms with van der Waals surface area (Å²) in [7, 11) is 5.01. The number of nitrogens with zero attached hydrogens (tertiary/aromatic N) is 6. The number of imidazole rings is 1. The molecule has 1 aliphatic heterocycles. The number of aromatic nitrogens is 5. The van der Waals surface area contributed by atoms with Crippen LogP contribution in [0.1, 0.15) is 84.6 Å². The zero-order valence-corrected chi connectivity index (χ0v) is 29.6. The zero-order chi connectivity index (χ0) is 36.6. The van der Waals surface area contributed by atoms with Crippen molar-refractivity contribution in [1.82, 2.24) is 29.8 Å². The molecule has 2 aliphatic carbocycles. The first kappa shape index (κ1) is 35.8. The van der Waals surface area contributed by atoms with Gasteiger partial charge in [0.2, 0.25) is 5.95 Å². The van der Waals surface area contributed by atoms with Gasteiger partial charge in [0.1, 0.15) is 17.3 Å². The van der Waals surface area contributed by atoms with Crippen molar-refractivity contribution in [2.75, 3.05) is 51.2 Å². The molecule has 3 fully saturated rings. The van der Waals surface area contributed by atoms with Crippen LogP contribution in [-0.4, -0.2) is 88.7 Å². The van der Waals surface area contributed by atoms with Crippen LogP contribution in [0.15, 0.2) is 36.7 Å². The molecule has 5 heterocycles. The molecule has 276 valence electrons. The zero-order valence-electron chi connectivity index (χ0n) is 29.6. The lowest BCUT2D eigenvalue weighted by atomic mass is 9.86. The Morgan fingerprint density at radius 3 is 2.52 bits per heavy atom. The van der Waals surface area contributed by atoms with Crippen molar-refractivity contribution >= 4 is 34.7 Å². The maximum Gasteiger partial charge on any atom is 0.418 e. The van der Waals surface area contributed by atoms with Gasteiger partial charge in [0.05, 0.1) is 36.4 Å². The third-order valence-corrected chi connectivity index (χ3v) is 10.5. The fourth-order valence-corrected chi connectivity index (χ4v) is 7.85. The Morgan fingerprint density at radius 2 is 1.85 bits per heavy atom. The highest BCUT2D eigenvalue weighted by atomic mass is 19.4. The number of nitrogens with one attached hydrogen (secondary N) is 2. The van der Waals surface area contributed by atoms with Crippen LogP contribution in [0.2, 0.25) is 0 Å². The molecule has 2 N–H and O–H groups in total. The van der Waals surface area contributed by atoms with Gasteiger partial charge in [-0.3, -0.25) is 29.8 Å². The topological polar surface area (TPSA) is 138 Å². The van der Waals surface area contributed by atoms with Crippen LogP contribution in [0.3, 0.4) is 0 Å². The average molecular weight is 721 g/mol. The summed E-state index contributed by atoms with van der Waals surface area (Å²) in [4.78, 5) is 50.7. The number of hydrogen-bond acceptors (Lipinski definition) is 10. The van der Waals surface area contributed by atoms with Gasteiger partial charge in [-0.25, -0.2) is 4.98 Å². The van der Waals surface area contributed by atoms with Gasteiger partial charge in [-0.05, 0) is 68.8 Å². The number of H-pyrrole nitrogens is 1. The van der Waals surface area contributed by atoms with E-state index >= 15 is 0 Å². The van der Waals surface area contributed by atoms with Crippen molar-refractivity contribution < 1.29 is 32.2 Å². The smallest absolute Gasteiger partial charge is 0.418 e. The summed E-state index contributed by atoms with van der Waals surface area (Å²) in [6.07, 6.45) is 5.68. The first-order valence-corrected chi connectivity index (χ1v) is 17.7. The molecular weight excluding hydrogens is 677 g/mol. The predicted molar refractivity (Wildman–Crippen MR) is 188 cm³/mol. The Bertz CT molecular complexity index is 1940. The molecule has 2 saturated carbocycles. The maximum atomic E-state index is 14.2. The van der Waals surface area contributed by atoms with Gasteiger partial charge in [-0.1, -0.05) is 18.9 Å². The Balaban J connectivity index is 1.18. The normalized spacial score (nSPS) is 18.9. The first-order valence-electron chi connectivity index (χ1n) is 17.7. The number of anilines is 2. The number of carbonyl (C=O) groups excluding carboxylic acids is 2. The second-order valence-electron chi connectivity index (χ2n) is 14.4. The number of alkyl halides is 3. The van der Waals surface area contributed by atoms with Crippen LogP contribution in [0.5, 0.6) is 0 Å². The summed E-state index contributed by atoms with van der Waals surface area (Å²) in [6.45, 7) is 2.48. The fourth-order valence-electron chi connectivity index (χ4n) is 7.85. The Hall–Kier alpha value is -4.63. The van der Waals surface area contributed by atoms with E-state index in [1.807, 2.05) is 11.9 Å². The molecule has 7 rings (SSSR count). The van der Waals surface area contributed by atoms with Gasteiger partial charge in [0.15, 0.2) is 5.65 Å². The summed E-state index contributed by atoms with van der Waals surface area (Å²) in [5, 5.41) is 2.77. The van der Waals surface area contributed by atoms with E-state index in [0.717, 1.165) is 56.7 Å². The van der Waals surface area contributed by atoms with Crippen molar-refractivity contribution in [3.05, 3.63) is 59.2 Å². The molecule has 1 saturated heterocycles. The third-order valence-electron chi connectivity index (χ3n) is 10.5. The Kier molecular flexibility index (Phi) is 9.91. The second-order valence-corrected chi connectivity index (χ2v) is 14.4. The molecule has 52 heavy (non-hydrogen) atoms. The molecule has 12 nitrogen and oxygen atoms in total. The number of pyridine rings is 3. The van der Waals surface area contributed by atoms with Crippen molar-refractivity contribution in [2.45, 2.75) is 76.0 Å². The van der Waals surface area contributed by atoms with E-state index in [9.17, 15) is 22.8 Å². The largest absolute Gasteiger partial charge is 0.468 e. The van der Waals surface area contributed by atoms with Crippen molar-refractivity contribution in [3.8, 4) is 11.3 Å². The summed E-state index contributed by atoms with van der Waals surface area (Å²) in [5.41, 5.74) is 2.20. The van der Waals surface area contributed by atoms with Crippen molar-refractivity contribution in [2.24, 2.45) is 5.41 Å². The highest BCUT2D eigenvalue weighted by Gasteiger charge is 2.40. The number of amides is 1. The van der Waals surface area contributed by atoms with Gasteiger partial charge in [-0.15, -0.1) is 0 Å². The van der Waals surface area contributed by atoms with Crippen molar-refractivity contribution in [3.63, 3.8) is 0 Å². The molecule has 0 bridgehead atoms. The number of esters is 1. The van der Waals surface area contributed by atoms with E-state index in [4.69, 9.17) is 9.47 Å². The highest BCUT2D eigenvalue weighted by molar-refractivity contribution is 6.03. The number of methoxy groups -OCH3 is 2. The molecule has 0 aromatic carbocycles. The fraction of sp³-hybridized carbons (Fsp3) is 0.514. The van der Waals surface area contributed by atoms with Crippen LogP contribution in [0, 0.1) is 5.41 Å². The molecule has 0 radical (unpaired) electrons. The van der Waals surface area contributed by atoms with Crippen LogP contribution in [0.4, 0.5) is 24.8 Å². The van der Waals surface area contributed by atoms with Crippen LogP contribution in [-0.2, 0) is 27.0 Å². The lowest BCUT2D eigenvalue weighted by Gasteiger charge is -2.34. The van der Waals surface area contributed by atoms with Gasteiger partial charge < -0.3 is 19.4 Å². The van der Waals surface area contributed by atoms with Crippen LogP contribution in [0.25, 0.3) is 22.4 Å². The molecule has 3 aliphatic rings. The third kappa shape index (κ3) is 7.47. The van der Waals surface area contributed by atoms with Crippen molar-refractivity contribution in [1.29, 1.82) is 0 Å². The minimum atomic E-state index is -4.56. The summed E-state index contributed by atoms with van der Waals surface area (Å²) >= 11 is 0. The SMILES string of the molecule is COCC1(CN(C)c2cc(-c3cnc(C4CC4)c(C(F)(F)F)c3)nc3nc(NC(=O)c4ccc(CN5CCCC5C(=O)OC)cn4)[nH]c23)CCCC1. The molecule has 1 amide bonds. The summed E-state index contributed by atoms with van der Waals surface area (Å²) < 4.78 is 53.2. The minimum Gasteiger partial charge on any atom is -0.468 e. The lowest BCUT2D eigenvalue weighted by Crippen LogP contribution is -2.37. The number of ether oxygens (including phenoxy) is 2. The monoisotopic (exact) mass is 720 g/mol. The summed E-state index contributed by atoms with van der Waals surface area (Å²) in [6, 6.07) is 5.99. The lowest BCUT2D eigenvalue weighted by molar-refractivity contribution is -0.146. The predicted octanol–water partition coefficient (Wildman–Crippen LogP) is 6.34. The molecule has 0 spiro atoms. The quantitative estimate of drug-likeness (QED) is 0.159. The van der Waals surface area contributed by atoms with Gasteiger partial charge >= 0.3 is 12.1 Å². The summed E-state index contributed by atoms with van der Waals surface area (Å²) in [5.74, 6) is -0.827. The van der Waals surface area contributed by atoms with Gasteiger partial charge in [0.25, 0.3) is 5.91 Å². The number of fused-ring (bicyclic) bond motifs is 1. The number of aromatic amines is 1. The number of halogens is 3. The van der Waals surface area contributed by atoms with Crippen LogP contribution < -0.4 is 10.2 Å². The van der Waals surface area contributed by atoms with E-state index in [2.05, 4.69) is 35.1 Å². The second kappa shape index (κ2) is 14.4. The minimum absolute atomic E-state index is 0.0743. The molecule has 15 heteroatoms. The number of likely N-dealkylation sites (tertiary alicyclic amines) is 1. The standard InChI is InChI=1S/C37H43F3N8O4/c1-47(20-36(21-51-2)12-4-5-13-36)29-16-27(24-15-25(37(38,39)40)30(42-18-24)23-9-10-23)43-32-31(29)44-35(45-32)46-33(49)26-11-8-22(17-41-26)19-48-14-6-7-28(48)34(50)52-3/h8,11,15-18,23,28H,4-7,9-10,12-14,19-21H2,1-3H3,(H2,43,44,45,46,49). The number of hydrogen-bond donors (Lipinski definition) is 2. The molecular formula is C37H43F3N8O4. The Morgan fingerprint density at radius 1 is 1.06 bits per heavy atom. The number of rotatable bonds is 12.